The average molecular weight is 439 g/mol. The number of carbonyl (C=O) groups excluding carboxylic acids is 1. The molecule has 0 bridgehead atoms. The van der Waals surface area contributed by atoms with E-state index in [1.54, 1.807) is 6.07 Å². The zero-order valence-electron chi connectivity index (χ0n) is 18.6. The predicted octanol–water partition coefficient (Wildman–Crippen LogP) is 5.41. The molecule has 1 saturated heterocycles. The lowest BCUT2D eigenvalue weighted by Crippen LogP contribution is -2.34. The van der Waals surface area contributed by atoms with Gasteiger partial charge in [0.25, 0.3) is 0 Å². The Morgan fingerprint density at radius 3 is 2.21 bits per heavy atom. The fourth-order valence-corrected chi connectivity index (χ4v) is 4.45. The zero-order chi connectivity index (χ0) is 22.8. The Labute approximate surface area is 192 Å². The van der Waals surface area contributed by atoms with Crippen LogP contribution in [0.25, 0.3) is 33.2 Å². The van der Waals surface area contributed by atoms with E-state index in [2.05, 4.69) is 24.4 Å². The maximum absolute atomic E-state index is 12.7. The first kappa shape index (κ1) is 21.0. The maximum atomic E-state index is 12.7. The van der Waals surface area contributed by atoms with Gasteiger partial charge < -0.3 is 14.6 Å². The summed E-state index contributed by atoms with van der Waals surface area (Å²) in [6.45, 7) is 3.77. The van der Waals surface area contributed by atoms with Crippen LogP contribution in [-0.4, -0.2) is 30.4 Å². The number of nitrogens with one attached hydrogen (secondary N) is 1. The number of nitrogens with zero attached hydrogens (tertiary/aromatic N) is 1. The van der Waals surface area contributed by atoms with Crippen molar-refractivity contribution in [1.82, 2.24) is 4.90 Å². The van der Waals surface area contributed by atoms with Crippen LogP contribution in [0.2, 0.25) is 0 Å². The third-order valence-corrected chi connectivity index (χ3v) is 6.25. The quantitative estimate of drug-likeness (QED) is 0.424. The second-order valence-electron chi connectivity index (χ2n) is 8.70. The molecule has 0 unspecified atom stereocenters. The Balaban J connectivity index is 1.52. The molecule has 1 aliphatic heterocycles. The third kappa shape index (κ3) is 4.40. The van der Waals surface area contributed by atoms with Gasteiger partial charge in [0, 0.05) is 18.5 Å². The van der Waals surface area contributed by atoms with Gasteiger partial charge in [0.15, 0.2) is 0 Å². The van der Waals surface area contributed by atoms with Gasteiger partial charge in [0.1, 0.15) is 11.3 Å². The predicted molar refractivity (Wildman–Crippen MR) is 132 cm³/mol. The highest BCUT2D eigenvalue weighted by Crippen LogP contribution is 2.35. The Bertz CT molecular complexity index is 1350. The van der Waals surface area contributed by atoms with Crippen molar-refractivity contribution in [3.63, 3.8) is 0 Å². The number of carbonyl (C=O) groups is 1. The number of benzene rings is 3. The van der Waals surface area contributed by atoms with Gasteiger partial charge in [-0.25, -0.2) is 4.79 Å². The van der Waals surface area contributed by atoms with Gasteiger partial charge in [-0.3, -0.25) is 4.79 Å². The summed E-state index contributed by atoms with van der Waals surface area (Å²) in [5, 5.41) is 3.81. The Kier molecular flexibility index (Phi) is 5.69. The summed E-state index contributed by atoms with van der Waals surface area (Å²) in [5.74, 6) is 0.526. The summed E-state index contributed by atoms with van der Waals surface area (Å²) in [6.07, 6.45) is 1.02. The van der Waals surface area contributed by atoms with Crippen molar-refractivity contribution in [3.05, 3.63) is 89.3 Å². The number of amides is 1. The molecule has 1 aromatic heterocycles. The Hall–Kier alpha value is -3.86. The van der Waals surface area contributed by atoms with Gasteiger partial charge in [-0.05, 0) is 52.8 Å². The molecule has 0 spiro atoms. The molecule has 4 aromatic rings. The van der Waals surface area contributed by atoms with E-state index in [1.807, 2.05) is 65.6 Å². The lowest BCUT2D eigenvalue weighted by atomic mass is 9.93. The highest BCUT2D eigenvalue weighted by atomic mass is 16.4. The smallest absolute Gasteiger partial charge is 0.359 e. The van der Waals surface area contributed by atoms with Crippen molar-refractivity contribution in [1.29, 1.82) is 0 Å². The van der Waals surface area contributed by atoms with E-state index >= 15 is 0 Å². The molecule has 5 nitrogen and oxygen atoms in total. The molecule has 3 aromatic carbocycles. The molecule has 166 valence electrons. The van der Waals surface area contributed by atoms with E-state index in [1.165, 1.54) is 0 Å². The summed E-state index contributed by atoms with van der Waals surface area (Å²) in [5.41, 5.74) is 4.52. The molecule has 0 saturated carbocycles. The maximum Gasteiger partial charge on any atom is 0.359 e. The van der Waals surface area contributed by atoms with Crippen LogP contribution in [0.5, 0.6) is 0 Å². The molecular weight excluding hydrogens is 412 g/mol. The van der Waals surface area contributed by atoms with E-state index in [-0.39, 0.29) is 12.5 Å². The van der Waals surface area contributed by atoms with Crippen molar-refractivity contribution in [2.45, 2.75) is 13.3 Å². The minimum atomic E-state index is -0.475. The fourth-order valence-electron chi connectivity index (χ4n) is 4.45. The molecule has 1 N–H and O–H groups in total. The molecule has 5 rings (SSSR count). The largest absolute Gasteiger partial charge is 0.421 e. The van der Waals surface area contributed by atoms with Gasteiger partial charge in [-0.2, -0.15) is 0 Å². The number of fused-ring (bicyclic) bond motifs is 1. The van der Waals surface area contributed by atoms with Gasteiger partial charge >= 0.3 is 5.63 Å². The van der Waals surface area contributed by atoms with Crippen LogP contribution in [0.1, 0.15) is 13.3 Å². The van der Waals surface area contributed by atoms with Crippen LogP contribution in [0.15, 0.2) is 88.1 Å². The number of anilines is 1. The van der Waals surface area contributed by atoms with Crippen molar-refractivity contribution < 1.29 is 9.21 Å². The SMILES string of the molecule is C[C@H]1CCN(C(=O)CNc2cc3cc(-c4ccccc4)c(-c4ccccc4)cc3oc2=O)C1. The number of rotatable bonds is 5. The minimum Gasteiger partial charge on any atom is -0.421 e. The summed E-state index contributed by atoms with van der Waals surface area (Å²) in [7, 11) is 0. The number of hydrogen-bond donors (Lipinski definition) is 1. The van der Waals surface area contributed by atoms with Gasteiger partial charge in [-0.1, -0.05) is 67.6 Å². The van der Waals surface area contributed by atoms with Crippen molar-refractivity contribution in [3.8, 4) is 22.3 Å². The summed E-state index contributed by atoms with van der Waals surface area (Å²) in [6, 6.07) is 26.0. The highest BCUT2D eigenvalue weighted by Gasteiger charge is 2.23. The van der Waals surface area contributed by atoms with Crippen LogP contribution < -0.4 is 10.9 Å². The molecule has 33 heavy (non-hydrogen) atoms. The van der Waals surface area contributed by atoms with E-state index in [9.17, 15) is 9.59 Å². The first-order chi connectivity index (χ1) is 16.1. The van der Waals surface area contributed by atoms with Crippen LogP contribution in [0.3, 0.4) is 0 Å². The van der Waals surface area contributed by atoms with Crippen molar-refractivity contribution in [2.75, 3.05) is 25.0 Å². The monoisotopic (exact) mass is 438 g/mol. The third-order valence-electron chi connectivity index (χ3n) is 6.25. The topological polar surface area (TPSA) is 62.6 Å². The highest BCUT2D eigenvalue weighted by molar-refractivity contribution is 5.95. The summed E-state index contributed by atoms with van der Waals surface area (Å²) >= 11 is 0. The van der Waals surface area contributed by atoms with Crippen molar-refractivity contribution >= 4 is 22.6 Å². The summed E-state index contributed by atoms with van der Waals surface area (Å²) < 4.78 is 5.68. The number of likely N-dealkylation sites (tertiary alicyclic amines) is 1. The Morgan fingerprint density at radius 1 is 0.970 bits per heavy atom. The molecule has 0 radical (unpaired) electrons. The molecule has 0 aliphatic carbocycles. The van der Waals surface area contributed by atoms with E-state index < -0.39 is 5.63 Å². The molecular formula is C28H26N2O3. The minimum absolute atomic E-state index is 0.00301. The van der Waals surface area contributed by atoms with Crippen LogP contribution >= 0.6 is 0 Å². The average Bonchev–Trinajstić information content (AvgIpc) is 3.29. The second kappa shape index (κ2) is 8.94. The molecule has 1 amide bonds. The standard InChI is InChI=1S/C28H26N2O3/c1-19-12-13-30(18-19)27(31)17-29-25-15-22-14-23(20-8-4-2-5-9-20)24(16-26(22)33-28(25)32)21-10-6-3-7-11-21/h2-11,14-16,19,29H,12-13,17-18H2,1H3/t19-/m0/s1. The first-order valence-electron chi connectivity index (χ1n) is 11.3. The van der Waals surface area contributed by atoms with E-state index in [4.69, 9.17) is 4.42 Å². The molecule has 1 fully saturated rings. The molecule has 5 heteroatoms. The van der Waals surface area contributed by atoms with Gasteiger partial charge in [0.05, 0.1) is 6.54 Å². The first-order valence-corrected chi connectivity index (χ1v) is 11.3. The van der Waals surface area contributed by atoms with E-state index in [0.29, 0.717) is 17.2 Å². The Morgan fingerprint density at radius 2 is 1.61 bits per heavy atom. The second-order valence-corrected chi connectivity index (χ2v) is 8.70. The molecule has 1 aliphatic rings. The molecule has 2 heterocycles. The lowest BCUT2D eigenvalue weighted by molar-refractivity contribution is -0.128. The van der Waals surface area contributed by atoms with Gasteiger partial charge in [-0.15, -0.1) is 0 Å². The van der Waals surface area contributed by atoms with E-state index in [0.717, 1.165) is 47.2 Å². The number of hydrogen-bond acceptors (Lipinski definition) is 4. The lowest BCUT2D eigenvalue weighted by Gasteiger charge is -2.16. The van der Waals surface area contributed by atoms with Gasteiger partial charge in [0.2, 0.25) is 5.91 Å². The normalized spacial score (nSPS) is 15.7. The fraction of sp³-hybridized carbons (Fsp3) is 0.214. The van der Waals surface area contributed by atoms with Crippen molar-refractivity contribution in [2.24, 2.45) is 5.92 Å². The van der Waals surface area contributed by atoms with Crippen LogP contribution in [0, 0.1) is 5.92 Å². The summed E-state index contributed by atoms with van der Waals surface area (Å²) in [4.78, 5) is 27.0. The molecule has 1 atom stereocenters. The zero-order valence-corrected chi connectivity index (χ0v) is 18.6. The van der Waals surface area contributed by atoms with Crippen LogP contribution in [-0.2, 0) is 4.79 Å². The van der Waals surface area contributed by atoms with Crippen LogP contribution in [0.4, 0.5) is 5.69 Å².